The molecule has 1 aliphatic carbocycles. The van der Waals surface area contributed by atoms with Crippen molar-refractivity contribution in [3.63, 3.8) is 0 Å². The van der Waals surface area contributed by atoms with Gasteiger partial charge in [-0.2, -0.15) is 0 Å². The highest BCUT2D eigenvalue weighted by molar-refractivity contribution is 5.80. The third-order valence-corrected chi connectivity index (χ3v) is 4.78. The van der Waals surface area contributed by atoms with Crippen molar-refractivity contribution >= 4 is 17.5 Å². The summed E-state index contributed by atoms with van der Waals surface area (Å²) in [6.45, 7) is 0. The third kappa shape index (κ3) is 1.91. The second-order valence-corrected chi connectivity index (χ2v) is 6.13. The normalized spacial score (nSPS) is 25.5. The molecule has 3 nitrogen and oxygen atoms in total. The summed E-state index contributed by atoms with van der Waals surface area (Å²) >= 11 is 0. The van der Waals surface area contributed by atoms with Crippen LogP contribution in [0.15, 0.2) is 42.5 Å². The quantitative estimate of drug-likeness (QED) is 0.708. The average molecular weight is 295 g/mol. The molecule has 1 aliphatic heterocycles. The first kappa shape index (κ1) is 13.3. The van der Waals surface area contributed by atoms with E-state index in [1.54, 1.807) is 6.07 Å². The van der Waals surface area contributed by atoms with Gasteiger partial charge >= 0.3 is 0 Å². The Morgan fingerprint density at radius 2 is 2.09 bits per heavy atom. The summed E-state index contributed by atoms with van der Waals surface area (Å²) in [6, 6.07) is 10.8. The maximum absolute atomic E-state index is 13.4. The van der Waals surface area contributed by atoms with Gasteiger partial charge in [0.1, 0.15) is 11.5 Å². The van der Waals surface area contributed by atoms with Crippen LogP contribution in [-0.4, -0.2) is 5.66 Å². The smallest absolute Gasteiger partial charge is 0.123 e. The van der Waals surface area contributed by atoms with Gasteiger partial charge in [0.05, 0.1) is 0 Å². The molecule has 4 rings (SSSR count). The van der Waals surface area contributed by atoms with E-state index in [0.717, 1.165) is 40.9 Å². The van der Waals surface area contributed by atoms with E-state index in [2.05, 4.69) is 5.32 Å². The average Bonchev–Trinajstić information content (AvgIpc) is 2.91. The Balaban J connectivity index is 1.74. The van der Waals surface area contributed by atoms with Crippen LogP contribution in [0.2, 0.25) is 0 Å². The lowest BCUT2D eigenvalue weighted by Crippen LogP contribution is -2.51. The molecule has 2 aliphatic rings. The van der Waals surface area contributed by atoms with E-state index >= 15 is 0 Å². The fourth-order valence-corrected chi connectivity index (χ4v) is 3.66. The number of hydrogen-bond acceptors (Lipinski definition) is 3. The van der Waals surface area contributed by atoms with Gasteiger partial charge in [-0.15, -0.1) is 0 Å². The number of nitrogen functional groups attached to an aromatic ring is 1. The lowest BCUT2D eigenvalue weighted by atomic mass is 9.84. The maximum Gasteiger partial charge on any atom is 0.123 e. The van der Waals surface area contributed by atoms with Crippen LogP contribution in [-0.2, 0) is 6.42 Å². The summed E-state index contributed by atoms with van der Waals surface area (Å²) in [5.74, 6) is -0.0651. The predicted octanol–water partition coefficient (Wildman–Crippen LogP) is 3.23. The van der Waals surface area contributed by atoms with Gasteiger partial charge in [0.2, 0.25) is 0 Å². The summed E-state index contributed by atoms with van der Waals surface area (Å²) in [6.07, 6.45) is 5.73. The Hall–Kier alpha value is -2.33. The molecule has 4 heteroatoms. The number of halogens is 1. The van der Waals surface area contributed by atoms with Crippen molar-refractivity contribution in [2.75, 3.05) is 11.1 Å². The van der Waals surface area contributed by atoms with Crippen molar-refractivity contribution in [1.29, 1.82) is 0 Å². The lowest BCUT2D eigenvalue weighted by molar-refractivity contribution is 0.468. The van der Waals surface area contributed by atoms with Crippen LogP contribution in [0.1, 0.15) is 29.0 Å². The number of aryl methyl sites for hydroxylation is 1. The zero-order chi connectivity index (χ0) is 15.3. The Kier molecular flexibility index (Phi) is 2.78. The second kappa shape index (κ2) is 4.58. The van der Waals surface area contributed by atoms with E-state index in [9.17, 15) is 4.39 Å². The van der Waals surface area contributed by atoms with E-state index in [-0.39, 0.29) is 11.7 Å². The van der Waals surface area contributed by atoms with Gasteiger partial charge in [0, 0.05) is 22.9 Å². The van der Waals surface area contributed by atoms with E-state index in [0.29, 0.717) is 0 Å². The predicted molar refractivity (Wildman–Crippen MR) is 87.9 cm³/mol. The van der Waals surface area contributed by atoms with Crippen LogP contribution >= 0.6 is 0 Å². The third-order valence-electron chi connectivity index (χ3n) is 4.78. The number of rotatable bonds is 1. The molecule has 2 atom stereocenters. The summed E-state index contributed by atoms with van der Waals surface area (Å²) in [7, 11) is 0. The van der Waals surface area contributed by atoms with E-state index < -0.39 is 5.66 Å². The zero-order valence-corrected chi connectivity index (χ0v) is 12.1. The molecule has 0 bridgehead atoms. The fourth-order valence-electron chi connectivity index (χ4n) is 3.66. The van der Waals surface area contributed by atoms with Gasteiger partial charge in [-0.05, 0) is 54.3 Å². The van der Waals surface area contributed by atoms with Gasteiger partial charge in [0.25, 0.3) is 0 Å². The number of hydrogen-bond donors (Lipinski definition) is 3. The highest BCUT2D eigenvalue weighted by Gasteiger charge is 2.39. The molecule has 0 aromatic heterocycles. The summed E-state index contributed by atoms with van der Waals surface area (Å²) in [5, 5.41) is 3.43. The molecule has 22 heavy (non-hydrogen) atoms. The van der Waals surface area contributed by atoms with E-state index in [4.69, 9.17) is 11.5 Å². The number of benzene rings is 2. The van der Waals surface area contributed by atoms with Crippen molar-refractivity contribution in [1.82, 2.24) is 0 Å². The molecule has 5 N–H and O–H groups in total. The molecule has 2 aromatic rings. The van der Waals surface area contributed by atoms with Crippen LogP contribution in [0.3, 0.4) is 0 Å². The molecular weight excluding hydrogens is 277 g/mol. The first-order valence-electron chi connectivity index (χ1n) is 7.50. The standard InChI is InChI=1S/C18H18FN3/c19-12-5-6-13-11(10-12)4-7-15(13)18(21)9-8-14-16(20)2-1-3-17(14)22-18/h1-3,5-6,8-10,15,22H,4,7,20-21H2. The first-order valence-corrected chi connectivity index (χ1v) is 7.50. The number of nitrogens with two attached hydrogens (primary N) is 2. The molecule has 0 saturated carbocycles. The van der Waals surface area contributed by atoms with Crippen molar-refractivity contribution in [2.45, 2.75) is 24.4 Å². The molecule has 0 spiro atoms. The summed E-state index contributed by atoms with van der Waals surface area (Å²) < 4.78 is 13.4. The van der Waals surface area contributed by atoms with Crippen LogP contribution in [0.5, 0.6) is 0 Å². The molecule has 2 aromatic carbocycles. The van der Waals surface area contributed by atoms with Gasteiger partial charge in [-0.1, -0.05) is 18.2 Å². The van der Waals surface area contributed by atoms with Gasteiger partial charge < -0.3 is 16.8 Å². The summed E-state index contributed by atoms with van der Waals surface area (Å²) in [4.78, 5) is 0. The van der Waals surface area contributed by atoms with E-state index in [1.807, 2.05) is 36.4 Å². The molecule has 0 amide bonds. The molecule has 0 fully saturated rings. The highest BCUT2D eigenvalue weighted by Crippen LogP contribution is 2.43. The van der Waals surface area contributed by atoms with E-state index in [1.165, 1.54) is 6.07 Å². The molecule has 0 saturated heterocycles. The Morgan fingerprint density at radius 1 is 1.23 bits per heavy atom. The number of fused-ring (bicyclic) bond motifs is 2. The Bertz CT molecular complexity index is 784. The molecule has 2 unspecified atom stereocenters. The molecule has 1 heterocycles. The minimum absolute atomic E-state index is 0.119. The molecular formula is C18H18FN3. The molecule has 0 radical (unpaired) electrons. The van der Waals surface area contributed by atoms with Crippen molar-refractivity contribution in [3.05, 3.63) is 65.0 Å². The zero-order valence-electron chi connectivity index (χ0n) is 12.1. The maximum atomic E-state index is 13.4. The van der Waals surface area contributed by atoms with Crippen LogP contribution in [0.4, 0.5) is 15.8 Å². The first-order chi connectivity index (χ1) is 10.6. The highest BCUT2D eigenvalue weighted by atomic mass is 19.1. The Labute approximate surface area is 128 Å². The largest absolute Gasteiger partial charge is 0.398 e. The van der Waals surface area contributed by atoms with Gasteiger partial charge in [-0.25, -0.2) is 4.39 Å². The minimum Gasteiger partial charge on any atom is -0.398 e. The van der Waals surface area contributed by atoms with Crippen LogP contribution in [0, 0.1) is 5.82 Å². The Morgan fingerprint density at radius 3 is 2.95 bits per heavy atom. The van der Waals surface area contributed by atoms with Crippen LogP contribution < -0.4 is 16.8 Å². The topological polar surface area (TPSA) is 64.1 Å². The second-order valence-electron chi connectivity index (χ2n) is 6.13. The lowest BCUT2D eigenvalue weighted by Gasteiger charge is -2.38. The minimum atomic E-state index is -0.677. The fraction of sp³-hybridized carbons (Fsp3) is 0.222. The van der Waals surface area contributed by atoms with Crippen molar-refractivity contribution < 1.29 is 4.39 Å². The van der Waals surface area contributed by atoms with Gasteiger partial charge in [0.15, 0.2) is 0 Å². The molecule has 112 valence electrons. The summed E-state index contributed by atoms with van der Waals surface area (Å²) in [5.41, 5.74) is 16.8. The monoisotopic (exact) mass is 295 g/mol. The van der Waals surface area contributed by atoms with Crippen molar-refractivity contribution in [2.24, 2.45) is 5.73 Å². The SMILES string of the molecule is Nc1cccc2c1C=CC(N)(C1CCc3cc(F)ccc31)N2. The van der Waals surface area contributed by atoms with Crippen molar-refractivity contribution in [3.8, 4) is 0 Å². The number of nitrogens with one attached hydrogen (secondary N) is 1. The van der Waals surface area contributed by atoms with Gasteiger partial charge in [-0.3, -0.25) is 0 Å². The number of anilines is 2. The van der Waals surface area contributed by atoms with Crippen LogP contribution in [0.25, 0.3) is 6.08 Å².